The summed E-state index contributed by atoms with van der Waals surface area (Å²) in [5, 5.41) is 0. The number of esters is 3. The number of unbranched alkanes of at least 4 members (excludes halogenated alkanes) is 1. The first-order chi connectivity index (χ1) is 13.3. The summed E-state index contributed by atoms with van der Waals surface area (Å²) in [6.45, 7) is 10.8. The molecular weight excluding hydrogens is 427 g/mol. The van der Waals surface area contributed by atoms with Gasteiger partial charge in [0, 0.05) is 11.1 Å². The number of hydrogen-bond acceptors (Lipinski definition) is 8. The van der Waals surface area contributed by atoms with Gasteiger partial charge in [-0.15, -0.1) is 0 Å². The van der Waals surface area contributed by atoms with Crippen molar-refractivity contribution in [1.29, 1.82) is 0 Å². The molecule has 0 aliphatic rings. The molecule has 0 amide bonds. The van der Waals surface area contributed by atoms with Crippen molar-refractivity contribution in [2.24, 2.45) is 5.41 Å². The SMILES string of the molecule is C=C(C)C(=O)OCC(CCC)(COC(=O)C(=C)C)C(=O)OCCCCS(=O)(=O)O.[NaH]. The van der Waals surface area contributed by atoms with E-state index in [9.17, 15) is 22.8 Å². The number of carbonyl (C=O) groups excluding carboxylic acids is 3. The van der Waals surface area contributed by atoms with E-state index in [0.717, 1.165) is 0 Å². The number of hydrogen-bond donors (Lipinski definition) is 1. The van der Waals surface area contributed by atoms with Crippen molar-refractivity contribution >= 4 is 57.6 Å². The Bertz CT molecular complexity index is 698. The van der Waals surface area contributed by atoms with Gasteiger partial charge in [-0.2, -0.15) is 8.42 Å². The molecule has 0 saturated carbocycles. The standard InChI is InChI=1S/C19H30O9S.Na.H/c1-6-9-19(12-27-16(20)14(2)3,13-28-17(21)15(4)5)18(22)26-10-7-8-11-29(23,24)25;;/h2,4,6-13H2,1,3,5H3,(H,23,24,25);;. The third-order valence-electron chi connectivity index (χ3n) is 3.85. The maximum atomic E-state index is 12.8. The fraction of sp³-hybridized carbons (Fsp3) is 0.632. The quantitative estimate of drug-likeness (QED) is 0.103. The molecule has 1 N–H and O–H groups in total. The van der Waals surface area contributed by atoms with Crippen LogP contribution < -0.4 is 0 Å². The Morgan fingerprint density at radius 3 is 1.77 bits per heavy atom. The van der Waals surface area contributed by atoms with Gasteiger partial charge < -0.3 is 14.2 Å². The van der Waals surface area contributed by atoms with Crippen molar-refractivity contribution < 1.29 is 41.6 Å². The molecule has 0 aliphatic carbocycles. The first kappa shape index (κ1) is 31.0. The Morgan fingerprint density at radius 2 is 1.40 bits per heavy atom. The minimum absolute atomic E-state index is 0. The van der Waals surface area contributed by atoms with Gasteiger partial charge in [-0.1, -0.05) is 26.5 Å². The second kappa shape index (κ2) is 14.7. The predicted molar refractivity (Wildman–Crippen MR) is 113 cm³/mol. The van der Waals surface area contributed by atoms with Crippen LogP contribution in [-0.4, -0.2) is 86.0 Å². The van der Waals surface area contributed by atoms with Crippen LogP contribution in [0.2, 0.25) is 0 Å². The van der Waals surface area contributed by atoms with E-state index in [2.05, 4.69) is 13.2 Å². The van der Waals surface area contributed by atoms with Gasteiger partial charge in [-0.05, 0) is 33.1 Å². The molecule has 168 valence electrons. The van der Waals surface area contributed by atoms with Gasteiger partial charge >= 0.3 is 47.5 Å². The van der Waals surface area contributed by atoms with E-state index in [1.54, 1.807) is 6.92 Å². The zero-order valence-corrected chi connectivity index (χ0v) is 18.0. The minimum atomic E-state index is -4.09. The van der Waals surface area contributed by atoms with Crippen molar-refractivity contribution in [1.82, 2.24) is 0 Å². The average Bonchev–Trinajstić information content (AvgIpc) is 2.61. The van der Waals surface area contributed by atoms with Crippen LogP contribution in [0.25, 0.3) is 0 Å². The molecule has 0 unspecified atom stereocenters. The number of carbonyl (C=O) groups is 3. The molecule has 9 nitrogen and oxygen atoms in total. The van der Waals surface area contributed by atoms with Crippen LogP contribution in [0, 0.1) is 5.41 Å². The van der Waals surface area contributed by atoms with Crippen LogP contribution in [0.15, 0.2) is 24.3 Å². The maximum absolute atomic E-state index is 12.8. The Kier molecular flexibility index (Phi) is 15.2. The normalized spacial score (nSPS) is 11.1. The molecular formula is C19H31NaO9S. The monoisotopic (exact) mass is 458 g/mol. The van der Waals surface area contributed by atoms with E-state index < -0.39 is 39.2 Å². The number of ether oxygens (including phenoxy) is 3. The molecule has 0 fully saturated rings. The molecule has 0 rings (SSSR count). The summed E-state index contributed by atoms with van der Waals surface area (Å²) in [4.78, 5) is 36.3. The van der Waals surface area contributed by atoms with E-state index >= 15 is 0 Å². The molecule has 0 bridgehead atoms. The van der Waals surface area contributed by atoms with Crippen LogP contribution in [0.1, 0.15) is 46.5 Å². The fourth-order valence-electron chi connectivity index (χ4n) is 2.24. The van der Waals surface area contributed by atoms with Crippen molar-refractivity contribution in [2.45, 2.75) is 46.5 Å². The molecule has 0 aromatic heterocycles. The van der Waals surface area contributed by atoms with Crippen LogP contribution in [-0.2, 0) is 38.7 Å². The zero-order chi connectivity index (χ0) is 22.7. The van der Waals surface area contributed by atoms with Crippen LogP contribution >= 0.6 is 0 Å². The van der Waals surface area contributed by atoms with Gasteiger partial charge in [-0.3, -0.25) is 9.35 Å². The zero-order valence-electron chi connectivity index (χ0n) is 17.2. The van der Waals surface area contributed by atoms with Crippen molar-refractivity contribution in [3.8, 4) is 0 Å². The molecule has 0 aliphatic heterocycles. The first-order valence-electron chi connectivity index (χ1n) is 9.12. The molecule has 0 radical (unpaired) electrons. The average molecular weight is 459 g/mol. The van der Waals surface area contributed by atoms with E-state index in [1.165, 1.54) is 13.8 Å². The predicted octanol–water partition coefficient (Wildman–Crippen LogP) is 1.57. The molecule has 0 saturated heterocycles. The second-order valence-corrected chi connectivity index (χ2v) is 8.44. The summed E-state index contributed by atoms with van der Waals surface area (Å²) in [6.07, 6.45) is 1.02. The van der Waals surface area contributed by atoms with Crippen LogP contribution in [0.3, 0.4) is 0 Å². The Morgan fingerprint density at radius 1 is 0.933 bits per heavy atom. The van der Waals surface area contributed by atoms with Gasteiger partial charge in [0.25, 0.3) is 10.1 Å². The Hall–Kier alpha value is -1.20. The Labute approximate surface area is 200 Å². The van der Waals surface area contributed by atoms with Crippen LogP contribution in [0.5, 0.6) is 0 Å². The van der Waals surface area contributed by atoms with E-state index in [-0.39, 0.29) is 79.8 Å². The Balaban J connectivity index is 0. The molecule has 0 heterocycles. The van der Waals surface area contributed by atoms with Gasteiger partial charge in [0.1, 0.15) is 18.6 Å². The van der Waals surface area contributed by atoms with Gasteiger partial charge in [0.2, 0.25) is 0 Å². The summed E-state index contributed by atoms with van der Waals surface area (Å²) in [5.41, 5.74) is -1.13. The molecule has 0 aromatic carbocycles. The fourth-order valence-corrected chi connectivity index (χ4v) is 2.81. The molecule has 11 heteroatoms. The van der Waals surface area contributed by atoms with Crippen molar-refractivity contribution in [3.63, 3.8) is 0 Å². The summed E-state index contributed by atoms with van der Waals surface area (Å²) < 4.78 is 45.6. The topological polar surface area (TPSA) is 133 Å². The summed E-state index contributed by atoms with van der Waals surface area (Å²) >= 11 is 0. The molecule has 30 heavy (non-hydrogen) atoms. The van der Waals surface area contributed by atoms with Crippen LogP contribution in [0.4, 0.5) is 0 Å². The summed E-state index contributed by atoms with van der Waals surface area (Å²) in [6, 6.07) is 0. The van der Waals surface area contributed by atoms with Gasteiger partial charge in [0.15, 0.2) is 0 Å². The molecule has 0 aromatic rings. The third-order valence-corrected chi connectivity index (χ3v) is 4.65. The summed E-state index contributed by atoms with van der Waals surface area (Å²) in [5.74, 6) is -2.58. The summed E-state index contributed by atoms with van der Waals surface area (Å²) in [7, 11) is -4.09. The van der Waals surface area contributed by atoms with Gasteiger partial charge in [-0.25, -0.2) is 9.59 Å². The van der Waals surface area contributed by atoms with E-state index in [0.29, 0.717) is 6.42 Å². The second-order valence-electron chi connectivity index (χ2n) is 6.87. The van der Waals surface area contributed by atoms with Gasteiger partial charge in [0.05, 0.1) is 12.4 Å². The van der Waals surface area contributed by atoms with E-state index in [4.69, 9.17) is 18.8 Å². The van der Waals surface area contributed by atoms with Crippen molar-refractivity contribution in [3.05, 3.63) is 24.3 Å². The van der Waals surface area contributed by atoms with E-state index in [1.807, 2.05) is 0 Å². The first-order valence-corrected chi connectivity index (χ1v) is 10.7. The third kappa shape index (κ3) is 12.5. The van der Waals surface area contributed by atoms with Crippen molar-refractivity contribution in [2.75, 3.05) is 25.6 Å². The molecule has 0 atom stereocenters. The number of rotatable bonds is 14. The molecule has 0 spiro atoms.